The van der Waals surface area contributed by atoms with Gasteiger partial charge in [-0.05, 0) is 18.6 Å². The van der Waals surface area contributed by atoms with Crippen molar-refractivity contribution in [1.29, 1.82) is 0 Å². The lowest BCUT2D eigenvalue weighted by atomic mass is 9.72. The van der Waals surface area contributed by atoms with E-state index < -0.39 is 0 Å². The summed E-state index contributed by atoms with van der Waals surface area (Å²) in [5.74, 6) is 0. The van der Waals surface area contributed by atoms with Gasteiger partial charge in [-0.3, -0.25) is 0 Å². The summed E-state index contributed by atoms with van der Waals surface area (Å²) in [7, 11) is 2.24. The molecule has 0 saturated heterocycles. The van der Waals surface area contributed by atoms with Gasteiger partial charge in [-0.15, -0.1) is 0 Å². The lowest BCUT2D eigenvalue weighted by Crippen LogP contribution is -2.09. The van der Waals surface area contributed by atoms with Gasteiger partial charge in [0.15, 0.2) is 7.28 Å². The van der Waals surface area contributed by atoms with Crippen molar-refractivity contribution in [3.8, 4) is 0 Å². The minimum atomic E-state index is 0.844. The van der Waals surface area contributed by atoms with Crippen LogP contribution in [0.15, 0.2) is 18.2 Å². The van der Waals surface area contributed by atoms with Crippen LogP contribution in [0, 0.1) is 0 Å². The van der Waals surface area contributed by atoms with Crippen LogP contribution in [-0.2, 0) is 6.42 Å². The highest BCUT2D eigenvalue weighted by molar-refractivity contribution is 6.56. The normalized spacial score (nSPS) is 14.5. The Bertz CT molecular complexity index is 257. The number of rotatable bonds is 0. The Morgan fingerprint density at radius 1 is 1.40 bits per heavy atom. The molecule has 49 valence electrons. The Morgan fingerprint density at radius 2 is 2.30 bits per heavy atom. The van der Waals surface area contributed by atoms with Gasteiger partial charge in [0, 0.05) is 5.02 Å². The first-order valence-corrected chi connectivity index (χ1v) is 3.86. The molecule has 1 aliphatic heterocycles. The summed E-state index contributed by atoms with van der Waals surface area (Å²) in [6.07, 6.45) is 2.36. The maximum atomic E-state index is 5.80. The molecule has 1 radical (unpaired) electrons. The highest BCUT2D eigenvalue weighted by Gasteiger charge is 2.10. The summed E-state index contributed by atoms with van der Waals surface area (Å²) in [5.41, 5.74) is 2.76. The van der Waals surface area contributed by atoms with E-state index in [2.05, 4.69) is 13.3 Å². The highest BCUT2D eigenvalue weighted by atomic mass is 35.5. The first-order valence-electron chi connectivity index (χ1n) is 3.48. The van der Waals surface area contributed by atoms with E-state index in [1.54, 1.807) is 0 Å². The molecule has 0 atom stereocenters. The Kier molecular flexibility index (Phi) is 1.46. The Morgan fingerprint density at radius 3 is 3.20 bits per heavy atom. The van der Waals surface area contributed by atoms with Crippen LogP contribution < -0.4 is 5.46 Å². The van der Waals surface area contributed by atoms with Crippen LogP contribution in [0.5, 0.6) is 0 Å². The van der Waals surface area contributed by atoms with Gasteiger partial charge in [0.25, 0.3) is 0 Å². The van der Waals surface area contributed by atoms with Gasteiger partial charge in [-0.25, -0.2) is 0 Å². The molecular weight excluding hydrogens is 142 g/mol. The molecule has 0 amide bonds. The Labute approximate surface area is 66.4 Å². The van der Waals surface area contributed by atoms with Gasteiger partial charge in [-0.2, -0.15) is 0 Å². The average Bonchev–Trinajstić information content (AvgIpc) is 2.33. The van der Waals surface area contributed by atoms with Crippen molar-refractivity contribution in [2.75, 3.05) is 0 Å². The summed E-state index contributed by atoms with van der Waals surface area (Å²) < 4.78 is 0. The number of hydrogen-bond acceptors (Lipinski definition) is 0. The zero-order valence-electron chi connectivity index (χ0n) is 5.60. The second-order valence-corrected chi connectivity index (χ2v) is 3.02. The smallest absolute Gasteiger partial charge is 0.0844 e. The minimum absolute atomic E-state index is 0.844. The molecule has 1 heterocycles. The number of hydrogen-bond donors (Lipinski definition) is 0. The van der Waals surface area contributed by atoms with Gasteiger partial charge in [0.1, 0.15) is 0 Å². The molecule has 0 nitrogen and oxygen atoms in total. The van der Waals surface area contributed by atoms with Crippen LogP contribution in [0.25, 0.3) is 0 Å². The maximum Gasteiger partial charge on any atom is 0.152 e. The van der Waals surface area contributed by atoms with Crippen LogP contribution in [0.4, 0.5) is 0 Å². The lowest BCUT2D eigenvalue weighted by Gasteiger charge is -1.97. The van der Waals surface area contributed by atoms with E-state index in [0.717, 1.165) is 5.02 Å². The number of aryl methyl sites for hydroxylation is 1. The van der Waals surface area contributed by atoms with Crippen molar-refractivity contribution in [2.24, 2.45) is 0 Å². The molecule has 0 spiro atoms. The van der Waals surface area contributed by atoms with Gasteiger partial charge in [0.2, 0.25) is 0 Å². The molecule has 0 N–H and O–H groups in total. The molecule has 1 aromatic carbocycles. The highest BCUT2D eigenvalue weighted by Crippen LogP contribution is 2.13. The van der Waals surface area contributed by atoms with E-state index in [4.69, 9.17) is 11.6 Å². The molecule has 0 aliphatic carbocycles. The molecule has 0 unspecified atom stereocenters. The van der Waals surface area contributed by atoms with E-state index in [0.29, 0.717) is 0 Å². The zero-order valence-corrected chi connectivity index (χ0v) is 6.36. The van der Waals surface area contributed by atoms with E-state index in [9.17, 15) is 0 Å². The first-order chi connectivity index (χ1) is 4.86. The monoisotopic (exact) mass is 149 g/mol. The quantitative estimate of drug-likeness (QED) is 0.492. The van der Waals surface area contributed by atoms with Crippen molar-refractivity contribution in [3.05, 3.63) is 28.8 Å². The molecular formula is C8H7BCl. The fourth-order valence-corrected chi connectivity index (χ4v) is 1.55. The fraction of sp³-hybridized carbons (Fsp3) is 0.250. The van der Waals surface area contributed by atoms with E-state index in [1.165, 1.54) is 23.8 Å². The van der Waals surface area contributed by atoms with Crippen LogP contribution in [0.2, 0.25) is 11.3 Å². The van der Waals surface area contributed by atoms with E-state index in [1.807, 2.05) is 12.1 Å². The Hall–Kier alpha value is -0.425. The van der Waals surface area contributed by atoms with E-state index in [-0.39, 0.29) is 0 Å². The predicted octanol–water partition coefficient (Wildman–Crippen LogP) is 1.64. The standard InChI is InChI=1S/C8H7BCl/c10-7-2-1-6-3-4-9-8(6)5-7/h1-2,5H,3-4H2. The predicted molar refractivity (Wildman–Crippen MR) is 45.4 cm³/mol. The topological polar surface area (TPSA) is 0 Å². The molecule has 1 aromatic rings. The summed E-state index contributed by atoms with van der Waals surface area (Å²) in [4.78, 5) is 0. The number of benzene rings is 1. The number of fused-ring (bicyclic) bond motifs is 1. The molecule has 1 aliphatic rings. The van der Waals surface area contributed by atoms with Crippen LogP contribution >= 0.6 is 11.6 Å². The van der Waals surface area contributed by atoms with Crippen molar-refractivity contribution in [2.45, 2.75) is 12.7 Å². The molecule has 0 saturated carbocycles. The van der Waals surface area contributed by atoms with Gasteiger partial charge >= 0.3 is 0 Å². The zero-order chi connectivity index (χ0) is 6.97. The third-order valence-electron chi connectivity index (χ3n) is 1.89. The summed E-state index contributed by atoms with van der Waals surface area (Å²) in [6, 6.07) is 6.10. The molecule has 0 bridgehead atoms. The maximum absolute atomic E-state index is 5.80. The summed E-state index contributed by atoms with van der Waals surface area (Å²) in [6.45, 7) is 0. The van der Waals surface area contributed by atoms with Crippen LogP contribution in [0.1, 0.15) is 5.56 Å². The third-order valence-corrected chi connectivity index (χ3v) is 2.12. The molecule has 2 rings (SSSR count). The van der Waals surface area contributed by atoms with E-state index >= 15 is 0 Å². The summed E-state index contributed by atoms with van der Waals surface area (Å²) in [5, 5.41) is 0.844. The van der Waals surface area contributed by atoms with Crippen LogP contribution in [-0.4, -0.2) is 7.28 Å². The van der Waals surface area contributed by atoms with Crippen molar-refractivity contribution >= 4 is 24.3 Å². The average molecular weight is 149 g/mol. The largest absolute Gasteiger partial charge is 0.152 e. The molecule has 2 heteroatoms. The molecule has 0 fully saturated rings. The second-order valence-electron chi connectivity index (χ2n) is 2.59. The Balaban J connectivity index is 2.52. The van der Waals surface area contributed by atoms with Gasteiger partial charge < -0.3 is 0 Å². The lowest BCUT2D eigenvalue weighted by molar-refractivity contribution is 1.17. The van der Waals surface area contributed by atoms with Gasteiger partial charge in [0.05, 0.1) is 0 Å². The van der Waals surface area contributed by atoms with Gasteiger partial charge in [-0.1, -0.05) is 35.0 Å². The second kappa shape index (κ2) is 2.32. The SMILES string of the molecule is Clc1ccc2c(c1)[B]CC2. The summed E-state index contributed by atoms with van der Waals surface area (Å²) >= 11 is 5.80. The number of halogens is 1. The third kappa shape index (κ3) is 0.949. The first kappa shape index (κ1) is 6.30. The fourth-order valence-electron chi connectivity index (χ4n) is 1.37. The minimum Gasteiger partial charge on any atom is -0.0844 e. The van der Waals surface area contributed by atoms with Crippen molar-refractivity contribution in [1.82, 2.24) is 0 Å². The molecule has 0 aromatic heterocycles. The van der Waals surface area contributed by atoms with Crippen molar-refractivity contribution in [3.63, 3.8) is 0 Å². The van der Waals surface area contributed by atoms with Crippen LogP contribution in [0.3, 0.4) is 0 Å². The molecule has 10 heavy (non-hydrogen) atoms. The van der Waals surface area contributed by atoms with Crippen molar-refractivity contribution < 1.29 is 0 Å².